The maximum Gasteiger partial charge on any atom is 0.266 e. The van der Waals surface area contributed by atoms with Crippen molar-refractivity contribution in [1.29, 1.82) is 0 Å². The Hall–Kier alpha value is -1.23. The Morgan fingerprint density at radius 1 is 1.33 bits per heavy atom. The highest BCUT2D eigenvalue weighted by molar-refractivity contribution is 14.1. The second-order valence-electron chi connectivity index (χ2n) is 4.84. The first-order chi connectivity index (χ1) is 11.5. The fourth-order valence-electron chi connectivity index (χ4n) is 2.05. The fourth-order valence-corrected chi connectivity index (χ4v) is 4.57. The van der Waals surface area contributed by atoms with Crippen LogP contribution in [0.4, 0.5) is 5.69 Å². The number of nitrogens with zero attached hydrogens (tertiary/aromatic N) is 1. The Kier molecular flexibility index (Phi) is 5.69. The summed E-state index contributed by atoms with van der Waals surface area (Å²) in [5.41, 5.74) is 0.700. The third-order valence-corrected chi connectivity index (χ3v) is 5.97. The third-order valence-electron chi connectivity index (χ3n) is 3.10. The van der Waals surface area contributed by atoms with Crippen LogP contribution in [0.5, 0.6) is 0 Å². The number of thioether (sulfide) groups is 1. The van der Waals surface area contributed by atoms with Crippen molar-refractivity contribution in [2.75, 3.05) is 11.9 Å². The van der Waals surface area contributed by atoms with Gasteiger partial charge in [-0.25, -0.2) is 0 Å². The molecule has 0 aliphatic carbocycles. The van der Waals surface area contributed by atoms with E-state index in [1.807, 2.05) is 35.7 Å². The molecular weight excluding hydrogens is 475 g/mol. The topological polar surface area (TPSA) is 49.4 Å². The molecular formula is C16H11IN2O2S3. The van der Waals surface area contributed by atoms with Crippen molar-refractivity contribution in [3.63, 3.8) is 0 Å². The Labute approximate surface area is 166 Å². The predicted molar refractivity (Wildman–Crippen MR) is 112 cm³/mol. The lowest BCUT2D eigenvalue weighted by Crippen LogP contribution is -2.36. The third kappa shape index (κ3) is 4.24. The van der Waals surface area contributed by atoms with Crippen molar-refractivity contribution in [3.05, 3.63) is 55.1 Å². The normalized spacial score (nSPS) is 16.0. The van der Waals surface area contributed by atoms with Gasteiger partial charge in [0.15, 0.2) is 0 Å². The number of thiocarbonyl (C=S) groups is 1. The molecule has 8 heteroatoms. The molecule has 0 unspecified atom stereocenters. The van der Waals surface area contributed by atoms with Crippen LogP contribution in [0.2, 0.25) is 0 Å². The molecule has 1 fully saturated rings. The van der Waals surface area contributed by atoms with Crippen LogP contribution >= 0.6 is 57.9 Å². The highest BCUT2D eigenvalue weighted by Crippen LogP contribution is 2.33. The van der Waals surface area contributed by atoms with Crippen molar-refractivity contribution in [1.82, 2.24) is 4.90 Å². The second kappa shape index (κ2) is 7.77. The summed E-state index contributed by atoms with van der Waals surface area (Å²) in [6.07, 6.45) is 1.81. The van der Waals surface area contributed by atoms with Gasteiger partial charge in [0.05, 0.1) is 4.91 Å². The van der Waals surface area contributed by atoms with Crippen molar-refractivity contribution in [3.8, 4) is 0 Å². The number of benzene rings is 1. The highest BCUT2D eigenvalue weighted by Gasteiger charge is 2.33. The van der Waals surface area contributed by atoms with Crippen LogP contribution in [0.3, 0.4) is 0 Å². The molecule has 1 saturated heterocycles. The summed E-state index contributed by atoms with van der Waals surface area (Å²) >= 11 is 10.2. The molecule has 0 radical (unpaired) electrons. The van der Waals surface area contributed by atoms with Gasteiger partial charge in [-0.05, 0) is 58.3 Å². The molecule has 3 rings (SSSR count). The minimum Gasteiger partial charge on any atom is -0.325 e. The molecule has 0 atom stereocenters. The molecule has 0 spiro atoms. The van der Waals surface area contributed by atoms with Crippen LogP contribution in [-0.2, 0) is 9.59 Å². The van der Waals surface area contributed by atoms with Gasteiger partial charge in [-0.15, -0.1) is 11.3 Å². The van der Waals surface area contributed by atoms with E-state index in [2.05, 4.69) is 27.9 Å². The number of thiophene rings is 1. The summed E-state index contributed by atoms with van der Waals surface area (Å²) in [7, 11) is 0. The maximum absolute atomic E-state index is 12.5. The lowest BCUT2D eigenvalue weighted by molar-refractivity contribution is -0.126. The van der Waals surface area contributed by atoms with Gasteiger partial charge in [-0.3, -0.25) is 14.5 Å². The number of carbonyl (C=O) groups excluding carboxylic acids is 2. The van der Waals surface area contributed by atoms with E-state index in [1.54, 1.807) is 23.5 Å². The van der Waals surface area contributed by atoms with Gasteiger partial charge < -0.3 is 5.32 Å². The molecule has 1 aliphatic rings. The number of rotatable bonds is 4. The summed E-state index contributed by atoms with van der Waals surface area (Å²) in [6.45, 7) is -0.0854. The first kappa shape index (κ1) is 17.6. The average Bonchev–Trinajstić information content (AvgIpc) is 3.12. The van der Waals surface area contributed by atoms with E-state index in [9.17, 15) is 9.59 Å². The zero-order chi connectivity index (χ0) is 17.1. The van der Waals surface area contributed by atoms with E-state index in [-0.39, 0.29) is 18.4 Å². The smallest absolute Gasteiger partial charge is 0.266 e. The van der Waals surface area contributed by atoms with Crippen LogP contribution < -0.4 is 5.32 Å². The van der Waals surface area contributed by atoms with Crippen molar-refractivity contribution in [2.45, 2.75) is 0 Å². The average molecular weight is 486 g/mol. The predicted octanol–water partition coefficient (Wildman–Crippen LogP) is 4.19. The minimum absolute atomic E-state index is 0.0854. The molecule has 0 saturated carbocycles. The van der Waals surface area contributed by atoms with E-state index in [0.29, 0.717) is 14.9 Å². The monoisotopic (exact) mass is 486 g/mol. The van der Waals surface area contributed by atoms with E-state index in [0.717, 1.165) is 8.45 Å². The van der Waals surface area contributed by atoms with Crippen molar-refractivity contribution < 1.29 is 9.59 Å². The molecule has 1 N–H and O–H groups in total. The number of hydrogen-bond acceptors (Lipinski definition) is 5. The first-order valence-corrected chi connectivity index (χ1v) is 10.1. The SMILES string of the molecule is O=C(CN1C(=O)/C(=C\c2cccs2)SC1=S)Nc1cccc(I)c1. The Morgan fingerprint density at radius 2 is 2.17 bits per heavy atom. The second-order valence-corrected chi connectivity index (χ2v) is 8.74. The molecule has 1 aromatic heterocycles. The largest absolute Gasteiger partial charge is 0.325 e. The Morgan fingerprint density at radius 3 is 2.88 bits per heavy atom. The molecule has 0 bridgehead atoms. The summed E-state index contributed by atoms with van der Waals surface area (Å²) in [5, 5.41) is 4.73. The summed E-state index contributed by atoms with van der Waals surface area (Å²) in [4.78, 5) is 27.5. The van der Waals surface area contributed by atoms with Crippen LogP contribution in [0.15, 0.2) is 46.7 Å². The van der Waals surface area contributed by atoms with E-state index in [1.165, 1.54) is 16.7 Å². The molecule has 1 aromatic carbocycles. The molecule has 2 amide bonds. The maximum atomic E-state index is 12.5. The number of halogens is 1. The Bertz CT molecular complexity index is 834. The highest BCUT2D eigenvalue weighted by atomic mass is 127. The van der Waals surface area contributed by atoms with Crippen LogP contribution in [0.1, 0.15) is 4.88 Å². The molecule has 2 aromatic rings. The lowest BCUT2D eigenvalue weighted by atomic mass is 10.3. The summed E-state index contributed by atoms with van der Waals surface area (Å²) in [5.74, 6) is -0.498. The number of amides is 2. The minimum atomic E-state index is -0.273. The molecule has 24 heavy (non-hydrogen) atoms. The van der Waals surface area contributed by atoms with Gasteiger partial charge >= 0.3 is 0 Å². The van der Waals surface area contributed by atoms with Crippen molar-refractivity contribution >= 4 is 85.8 Å². The number of hydrogen-bond donors (Lipinski definition) is 1. The number of nitrogens with one attached hydrogen (secondary N) is 1. The van der Waals surface area contributed by atoms with Gasteiger partial charge in [-0.2, -0.15) is 0 Å². The first-order valence-electron chi connectivity index (χ1n) is 6.87. The zero-order valence-corrected chi connectivity index (χ0v) is 16.8. The summed E-state index contributed by atoms with van der Waals surface area (Å²) in [6, 6.07) is 11.3. The molecule has 2 heterocycles. The number of anilines is 1. The van der Waals surface area contributed by atoms with Gasteiger partial charge in [-0.1, -0.05) is 36.1 Å². The van der Waals surface area contributed by atoms with Crippen LogP contribution in [0, 0.1) is 3.57 Å². The van der Waals surface area contributed by atoms with E-state index >= 15 is 0 Å². The van der Waals surface area contributed by atoms with Crippen LogP contribution in [-0.4, -0.2) is 27.6 Å². The van der Waals surface area contributed by atoms with Gasteiger partial charge in [0.2, 0.25) is 5.91 Å². The Balaban J connectivity index is 1.67. The lowest BCUT2D eigenvalue weighted by Gasteiger charge is -2.14. The van der Waals surface area contributed by atoms with Crippen LogP contribution in [0.25, 0.3) is 6.08 Å². The van der Waals surface area contributed by atoms with E-state index in [4.69, 9.17) is 12.2 Å². The number of carbonyl (C=O) groups is 2. The quantitative estimate of drug-likeness (QED) is 0.400. The van der Waals surface area contributed by atoms with Gasteiger partial charge in [0, 0.05) is 14.1 Å². The molecule has 4 nitrogen and oxygen atoms in total. The standard InChI is InChI=1S/C16H11IN2O2S3/c17-10-3-1-4-11(7-10)18-14(20)9-19-15(21)13(24-16(19)22)8-12-5-2-6-23-12/h1-8H,9H2,(H,18,20)/b13-8+. The van der Waals surface area contributed by atoms with Gasteiger partial charge in [0.1, 0.15) is 10.9 Å². The van der Waals surface area contributed by atoms with Gasteiger partial charge in [0.25, 0.3) is 5.91 Å². The van der Waals surface area contributed by atoms with Crippen molar-refractivity contribution in [2.24, 2.45) is 0 Å². The summed E-state index contributed by atoms with van der Waals surface area (Å²) < 4.78 is 1.43. The fraction of sp³-hybridized carbons (Fsp3) is 0.0625. The zero-order valence-electron chi connectivity index (χ0n) is 12.2. The van der Waals surface area contributed by atoms with E-state index < -0.39 is 0 Å². The molecule has 122 valence electrons. The molecule has 1 aliphatic heterocycles.